The number of aromatic nitrogens is 2. The quantitative estimate of drug-likeness (QED) is 0.202. The van der Waals surface area contributed by atoms with E-state index in [1.54, 1.807) is 0 Å². The maximum atomic E-state index is 10.1. The van der Waals surface area contributed by atoms with Crippen molar-refractivity contribution in [1.82, 2.24) is 9.13 Å². The Kier molecular flexibility index (Phi) is 5.44. The lowest BCUT2D eigenvalue weighted by molar-refractivity contribution is 0.669. The number of aryl methyl sites for hydroxylation is 1. The van der Waals surface area contributed by atoms with Gasteiger partial charge in [-0.05, 0) is 96.3 Å². The van der Waals surface area contributed by atoms with Crippen LogP contribution in [0.2, 0.25) is 0 Å². The summed E-state index contributed by atoms with van der Waals surface area (Å²) in [5, 5.41) is 16.0. The van der Waals surface area contributed by atoms with E-state index in [-0.39, 0.29) is 0 Å². The van der Waals surface area contributed by atoms with Crippen LogP contribution < -0.4 is 0 Å². The first-order valence-corrected chi connectivity index (χ1v) is 16.1. The Balaban J connectivity index is 1.16. The fourth-order valence-corrected chi connectivity index (χ4v) is 7.77. The molecule has 0 saturated heterocycles. The van der Waals surface area contributed by atoms with E-state index in [0.717, 1.165) is 68.3 Å². The molecular formula is C43H27N3O. The summed E-state index contributed by atoms with van der Waals surface area (Å²) >= 11 is 0. The van der Waals surface area contributed by atoms with Crippen LogP contribution in [0.25, 0.3) is 83.2 Å². The summed E-state index contributed by atoms with van der Waals surface area (Å²) in [6.45, 7) is 0. The van der Waals surface area contributed by atoms with Crippen molar-refractivity contribution in [3.8, 4) is 28.6 Å². The van der Waals surface area contributed by atoms with Crippen LogP contribution in [0.1, 0.15) is 23.2 Å². The van der Waals surface area contributed by atoms with Gasteiger partial charge in [0.05, 0.1) is 33.6 Å². The monoisotopic (exact) mass is 601 g/mol. The van der Waals surface area contributed by atoms with Gasteiger partial charge in [-0.1, -0.05) is 72.8 Å². The molecule has 6 aromatic carbocycles. The Morgan fingerprint density at radius 1 is 0.596 bits per heavy atom. The van der Waals surface area contributed by atoms with E-state index in [0.29, 0.717) is 5.56 Å². The summed E-state index contributed by atoms with van der Waals surface area (Å²) in [5.74, 6) is 0. The lowest BCUT2D eigenvalue weighted by Gasteiger charge is -2.15. The lowest BCUT2D eigenvalue weighted by Crippen LogP contribution is -2.01. The highest BCUT2D eigenvalue weighted by atomic mass is 16.3. The Hall–Kier alpha value is -6.31. The highest BCUT2D eigenvalue weighted by Gasteiger charge is 2.21. The van der Waals surface area contributed by atoms with Crippen molar-refractivity contribution in [3.05, 3.63) is 150 Å². The van der Waals surface area contributed by atoms with Crippen LogP contribution in [0, 0.1) is 11.3 Å². The fraction of sp³-hybridized carbons (Fsp3) is 0.0465. The van der Waals surface area contributed by atoms with Crippen molar-refractivity contribution in [2.45, 2.75) is 12.8 Å². The van der Waals surface area contributed by atoms with Crippen LogP contribution >= 0.6 is 0 Å². The SMILES string of the molecule is N#Cc1cc(-c2ccc(-n3c4ccccc4c4ccc5oc6ccccc6c5c43)cc2)cc(-n2c3c(c4ccccc42)CCC=C3)c1. The lowest BCUT2D eigenvalue weighted by atomic mass is 10.0. The second kappa shape index (κ2) is 9.84. The average molecular weight is 602 g/mol. The molecule has 1 aliphatic rings. The molecule has 3 aromatic heterocycles. The molecule has 0 radical (unpaired) electrons. The van der Waals surface area contributed by atoms with Crippen LogP contribution in [0.5, 0.6) is 0 Å². The third-order valence-corrected chi connectivity index (χ3v) is 9.80. The van der Waals surface area contributed by atoms with Gasteiger partial charge in [-0.25, -0.2) is 0 Å². The summed E-state index contributed by atoms with van der Waals surface area (Å²) in [4.78, 5) is 0. The zero-order chi connectivity index (χ0) is 31.1. The molecule has 4 heteroatoms. The van der Waals surface area contributed by atoms with Gasteiger partial charge in [0.15, 0.2) is 0 Å². The molecule has 0 saturated carbocycles. The highest BCUT2D eigenvalue weighted by Crippen LogP contribution is 2.41. The van der Waals surface area contributed by atoms with Crippen molar-refractivity contribution in [2.24, 2.45) is 0 Å². The minimum Gasteiger partial charge on any atom is -0.456 e. The molecule has 4 nitrogen and oxygen atoms in total. The molecule has 0 N–H and O–H groups in total. The molecule has 0 unspecified atom stereocenters. The van der Waals surface area contributed by atoms with Gasteiger partial charge in [0.2, 0.25) is 0 Å². The van der Waals surface area contributed by atoms with Crippen LogP contribution in [-0.4, -0.2) is 9.13 Å². The Labute approximate surface area is 270 Å². The van der Waals surface area contributed by atoms with Crippen LogP contribution in [0.15, 0.2) is 138 Å². The molecule has 0 spiro atoms. The first-order valence-electron chi connectivity index (χ1n) is 16.1. The van der Waals surface area contributed by atoms with Crippen LogP contribution in [0.3, 0.4) is 0 Å². The number of para-hydroxylation sites is 3. The van der Waals surface area contributed by atoms with E-state index < -0.39 is 0 Å². The minimum atomic E-state index is 0.643. The molecule has 0 amide bonds. The molecule has 220 valence electrons. The predicted molar refractivity (Wildman–Crippen MR) is 192 cm³/mol. The summed E-state index contributed by atoms with van der Waals surface area (Å²) in [6, 6.07) is 47.1. The second-order valence-corrected chi connectivity index (χ2v) is 12.4. The largest absolute Gasteiger partial charge is 0.456 e. The van der Waals surface area contributed by atoms with Gasteiger partial charge in [-0.3, -0.25) is 0 Å². The number of allylic oxidation sites excluding steroid dienone is 1. The second-order valence-electron chi connectivity index (χ2n) is 12.4. The predicted octanol–water partition coefficient (Wildman–Crippen LogP) is 11.1. The standard InChI is InChI=1S/C43H27N3O/c44-26-27-23-29(25-31(24-27)45-37-13-5-1-9-32(37)33-10-2-6-14-38(33)45)28-17-19-30(20-18-28)46-39-15-7-3-11-34(39)35-21-22-41-42(43(35)46)36-12-4-8-16-40(36)47-41/h1,3-9,11-25H,2,10H2. The van der Waals surface area contributed by atoms with E-state index in [1.165, 1.54) is 32.9 Å². The van der Waals surface area contributed by atoms with E-state index in [1.807, 2.05) is 24.3 Å². The Morgan fingerprint density at radius 2 is 1.34 bits per heavy atom. The number of hydrogen-bond donors (Lipinski definition) is 0. The van der Waals surface area contributed by atoms with Gasteiger partial charge in [-0.15, -0.1) is 0 Å². The van der Waals surface area contributed by atoms with E-state index in [9.17, 15) is 5.26 Å². The number of benzene rings is 6. The van der Waals surface area contributed by atoms with E-state index >= 15 is 0 Å². The summed E-state index contributed by atoms with van der Waals surface area (Å²) in [5.41, 5.74) is 12.6. The van der Waals surface area contributed by atoms with Crippen molar-refractivity contribution in [2.75, 3.05) is 0 Å². The van der Waals surface area contributed by atoms with E-state index in [2.05, 4.69) is 130 Å². The van der Waals surface area contributed by atoms with Gasteiger partial charge in [0.1, 0.15) is 11.2 Å². The topological polar surface area (TPSA) is 46.8 Å². The van der Waals surface area contributed by atoms with Crippen molar-refractivity contribution >= 4 is 60.7 Å². The zero-order valence-corrected chi connectivity index (χ0v) is 25.4. The molecule has 0 fully saturated rings. The normalized spacial score (nSPS) is 12.8. The van der Waals surface area contributed by atoms with Crippen molar-refractivity contribution in [3.63, 3.8) is 0 Å². The first-order chi connectivity index (χ1) is 23.3. The first kappa shape index (κ1) is 26.0. The number of nitriles is 1. The third kappa shape index (κ3) is 3.75. The molecule has 0 bridgehead atoms. The van der Waals surface area contributed by atoms with Crippen LogP contribution in [0.4, 0.5) is 0 Å². The molecule has 9 aromatic rings. The number of hydrogen-bond acceptors (Lipinski definition) is 2. The number of fused-ring (bicyclic) bond motifs is 10. The van der Waals surface area contributed by atoms with Gasteiger partial charge in [0.25, 0.3) is 0 Å². The Bertz CT molecular complexity index is 2800. The van der Waals surface area contributed by atoms with Gasteiger partial charge >= 0.3 is 0 Å². The number of rotatable bonds is 3. The summed E-state index contributed by atoms with van der Waals surface area (Å²) in [7, 11) is 0. The van der Waals surface area contributed by atoms with Crippen LogP contribution in [-0.2, 0) is 6.42 Å². The smallest absolute Gasteiger partial charge is 0.137 e. The highest BCUT2D eigenvalue weighted by molar-refractivity contribution is 6.24. The van der Waals surface area contributed by atoms with Gasteiger partial charge in [-0.2, -0.15) is 5.26 Å². The van der Waals surface area contributed by atoms with Crippen molar-refractivity contribution < 1.29 is 4.42 Å². The molecular weight excluding hydrogens is 574 g/mol. The van der Waals surface area contributed by atoms with Crippen molar-refractivity contribution in [1.29, 1.82) is 5.26 Å². The van der Waals surface area contributed by atoms with Gasteiger partial charge < -0.3 is 13.6 Å². The maximum absolute atomic E-state index is 10.1. The van der Waals surface area contributed by atoms with Gasteiger partial charge in [0, 0.05) is 38.6 Å². The third-order valence-electron chi connectivity index (χ3n) is 9.80. The molecule has 47 heavy (non-hydrogen) atoms. The molecule has 1 aliphatic carbocycles. The molecule has 3 heterocycles. The Morgan fingerprint density at radius 3 is 2.17 bits per heavy atom. The number of nitrogens with zero attached hydrogens (tertiary/aromatic N) is 3. The maximum Gasteiger partial charge on any atom is 0.137 e. The summed E-state index contributed by atoms with van der Waals surface area (Å²) in [6.07, 6.45) is 6.55. The number of furan rings is 1. The molecule has 0 atom stereocenters. The summed E-state index contributed by atoms with van der Waals surface area (Å²) < 4.78 is 11.0. The van der Waals surface area contributed by atoms with E-state index in [4.69, 9.17) is 4.42 Å². The molecule has 10 rings (SSSR count). The fourth-order valence-electron chi connectivity index (χ4n) is 7.77. The average Bonchev–Trinajstić information content (AvgIpc) is 3.79. The minimum absolute atomic E-state index is 0.643. The molecule has 0 aliphatic heterocycles. The zero-order valence-electron chi connectivity index (χ0n) is 25.4.